The summed E-state index contributed by atoms with van der Waals surface area (Å²) in [6.07, 6.45) is 2.41. The van der Waals surface area contributed by atoms with Crippen LogP contribution in [0.15, 0.2) is 58.1 Å². The molecule has 8 heteroatoms. The highest BCUT2D eigenvalue weighted by atomic mass is 32.2. The van der Waals surface area contributed by atoms with E-state index < -0.39 is 17.7 Å². The summed E-state index contributed by atoms with van der Waals surface area (Å²) < 4.78 is 18.7. The first-order valence-electron chi connectivity index (χ1n) is 9.24. The first-order chi connectivity index (χ1) is 14.0. The van der Waals surface area contributed by atoms with Crippen molar-refractivity contribution in [2.45, 2.75) is 31.3 Å². The number of H-pyrrole nitrogens is 1. The van der Waals surface area contributed by atoms with Crippen molar-refractivity contribution in [3.05, 3.63) is 75.5 Å². The molecule has 1 aliphatic rings. The molecule has 29 heavy (non-hydrogen) atoms. The molecule has 0 saturated carbocycles. The molecule has 0 spiro atoms. The molecule has 0 unspecified atom stereocenters. The number of carbonyl (C=O) groups excluding carboxylic acids is 1. The van der Waals surface area contributed by atoms with E-state index in [2.05, 4.69) is 21.9 Å². The zero-order chi connectivity index (χ0) is 21.0. The minimum absolute atomic E-state index is 0.0415. The van der Waals surface area contributed by atoms with Crippen molar-refractivity contribution in [2.24, 2.45) is 0 Å². The molecule has 0 amide bonds. The molecule has 1 aliphatic heterocycles. The first kappa shape index (κ1) is 20.9. The van der Waals surface area contributed by atoms with Crippen LogP contribution in [0.4, 0.5) is 10.2 Å². The van der Waals surface area contributed by atoms with Crippen LogP contribution in [-0.2, 0) is 9.53 Å². The molecular formula is C21H22FN3O3S. The summed E-state index contributed by atoms with van der Waals surface area (Å²) in [7, 11) is 0. The molecule has 0 aliphatic carbocycles. The van der Waals surface area contributed by atoms with Gasteiger partial charge >= 0.3 is 5.97 Å². The summed E-state index contributed by atoms with van der Waals surface area (Å²) in [6.45, 7) is 7.36. The van der Waals surface area contributed by atoms with E-state index in [-0.39, 0.29) is 17.7 Å². The Hall–Kier alpha value is -2.87. The second-order valence-corrected chi connectivity index (χ2v) is 7.60. The minimum Gasteiger partial charge on any atom is -0.458 e. The maximum absolute atomic E-state index is 13.5. The Morgan fingerprint density at radius 1 is 1.38 bits per heavy atom. The first-order valence-corrected chi connectivity index (χ1v) is 10.2. The third-order valence-electron chi connectivity index (χ3n) is 4.42. The standard InChI is InChI=1S/C21H22FN3O3S/c1-4-10-28-20(27)15-12(3)23-18-17(16(15)13-6-8-14(22)9-7-13)19(26)25-21(24-18)29-11-5-2/h4,6-9,16H,1,5,10-11H2,2-3H3,(H2,23,24,25,26)/t16-/m1/s1. The van der Waals surface area contributed by atoms with Gasteiger partial charge in [0.2, 0.25) is 0 Å². The number of nitrogens with zero attached hydrogens (tertiary/aromatic N) is 1. The molecule has 152 valence electrons. The number of nitrogens with one attached hydrogen (secondary N) is 2. The second-order valence-electron chi connectivity index (χ2n) is 6.52. The van der Waals surface area contributed by atoms with Gasteiger partial charge in [0, 0.05) is 11.4 Å². The Morgan fingerprint density at radius 2 is 2.10 bits per heavy atom. The SMILES string of the molecule is C=CCOC(=O)C1=C(C)Nc2nc(SCCC)[nH]c(=O)c2[C@@H]1c1ccc(F)cc1. The molecule has 2 N–H and O–H groups in total. The second kappa shape index (κ2) is 9.09. The van der Waals surface area contributed by atoms with Crippen LogP contribution in [0.3, 0.4) is 0 Å². The molecule has 0 fully saturated rings. The number of ether oxygens (including phenoxy) is 1. The molecule has 1 atom stereocenters. The number of benzene rings is 1. The molecule has 2 heterocycles. The smallest absolute Gasteiger partial charge is 0.337 e. The fraction of sp³-hybridized carbons (Fsp3) is 0.286. The van der Waals surface area contributed by atoms with Crippen LogP contribution in [0.1, 0.15) is 37.3 Å². The average Bonchev–Trinajstić information content (AvgIpc) is 2.70. The van der Waals surface area contributed by atoms with Crippen LogP contribution < -0.4 is 10.9 Å². The summed E-state index contributed by atoms with van der Waals surface area (Å²) in [5.74, 6) is -0.501. The number of esters is 1. The highest BCUT2D eigenvalue weighted by Crippen LogP contribution is 2.40. The van der Waals surface area contributed by atoms with E-state index in [0.717, 1.165) is 12.2 Å². The topological polar surface area (TPSA) is 84.1 Å². The largest absolute Gasteiger partial charge is 0.458 e. The average molecular weight is 415 g/mol. The van der Waals surface area contributed by atoms with Crippen molar-refractivity contribution < 1.29 is 13.9 Å². The van der Waals surface area contributed by atoms with E-state index in [1.54, 1.807) is 19.1 Å². The Bertz CT molecular complexity index is 1010. The third kappa shape index (κ3) is 4.42. The summed E-state index contributed by atoms with van der Waals surface area (Å²) in [4.78, 5) is 33.1. The lowest BCUT2D eigenvalue weighted by atomic mass is 9.82. The number of aromatic amines is 1. The lowest BCUT2D eigenvalue weighted by Crippen LogP contribution is -2.31. The lowest BCUT2D eigenvalue weighted by Gasteiger charge is -2.28. The van der Waals surface area contributed by atoms with Crippen LogP contribution in [0.2, 0.25) is 0 Å². The van der Waals surface area contributed by atoms with E-state index in [9.17, 15) is 14.0 Å². The van der Waals surface area contributed by atoms with E-state index in [1.165, 1.54) is 30.0 Å². The predicted molar refractivity (Wildman–Crippen MR) is 112 cm³/mol. The number of hydrogen-bond acceptors (Lipinski definition) is 6. The van der Waals surface area contributed by atoms with Gasteiger partial charge < -0.3 is 15.0 Å². The molecule has 0 bridgehead atoms. The number of halogens is 1. The van der Waals surface area contributed by atoms with Gasteiger partial charge in [-0.1, -0.05) is 43.5 Å². The van der Waals surface area contributed by atoms with Crippen LogP contribution in [0.5, 0.6) is 0 Å². The van der Waals surface area contributed by atoms with Crippen molar-refractivity contribution in [1.82, 2.24) is 9.97 Å². The van der Waals surface area contributed by atoms with E-state index in [0.29, 0.717) is 27.8 Å². The van der Waals surface area contributed by atoms with Gasteiger partial charge in [-0.2, -0.15) is 0 Å². The molecule has 1 aromatic carbocycles. The number of allylic oxidation sites excluding steroid dienone is 1. The number of aromatic nitrogens is 2. The summed E-state index contributed by atoms with van der Waals surface area (Å²) in [6, 6.07) is 5.71. The number of rotatable bonds is 7. The third-order valence-corrected chi connectivity index (χ3v) is 5.50. The van der Waals surface area contributed by atoms with Gasteiger partial charge in [-0.05, 0) is 31.0 Å². The predicted octanol–water partition coefficient (Wildman–Crippen LogP) is 3.97. The number of fused-ring (bicyclic) bond motifs is 1. The Kier molecular flexibility index (Phi) is 6.53. The number of thioether (sulfide) groups is 1. The van der Waals surface area contributed by atoms with Crippen LogP contribution in [-0.4, -0.2) is 28.3 Å². The lowest BCUT2D eigenvalue weighted by molar-refractivity contribution is -0.138. The number of carbonyl (C=O) groups is 1. The van der Waals surface area contributed by atoms with E-state index in [4.69, 9.17) is 4.74 Å². The fourth-order valence-corrected chi connectivity index (χ4v) is 3.89. The van der Waals surface area contributed by atoms with Gasteiger partial charge in [-0.15, -0.1) is 0 Å². The zero-order valence-electron chi connectivity index (χ0n) is 16.3. The zero-order valence-corrected chi connectivity index (χ0v) is 17.1. The monoisotopic (exact) mass is 415 g/mol. The van der Waals surface area contributed by atoms with Gasteiger partial charge in [0.25, 0.3) is 5.56 Å². The Balaban J connectivity index is 2.15. The maximum Gasteiger partial charge on any atom is 0.337 e. The molecule has 1 aromatic heterocycles. The van der Waals surface area contributed by atoms with Gasteiger partial charge in [0.1, 0.15) is 18.2 Å². The summed E-state index contributed by atoms with van der Waals surface area (Å²) >= 11 is 1.45. The highest BCUT2D eigenvalue weighted by molar-refractivity contribution is 7.99. The quantitative estimate of drug-likeness (QED) is 0.308. The van der Waals surface area contributed by atoms with Crippen molar-refractivity contribution in [2.75, 3.05) is 17.7 Å². The van der Waals surface area contributed by atoms with Crippen LogP contribution in [0, 0.1) is 5.82 Å². The minimum atomic E-state index is -0.731. The maximum atomic E-state index is 13.5. The van der Waals surface area contributed by atoms with Crippen LogP contribution >= 0.6 is 11.8 Å². The highest BCUT2D eigenvalue weighted by Gasteiger charge is 2.36. The van der Waals surface area contributed by atoms with Crippen molar-refractivity contribution >= 4 is 23.5 Å². The molecule has 3 rings (SSSR count). The summed E-state index contributed by atoms with van der Waals surface area (Å²) in [5, 5.41) is 3.58. The number of hydrogen-bond donors (Lipinski definition) is 2. The number of anilines is 1. The van der Waals surface area contributed by atoms with E-state index >= 15 is 0 Å². The van der Waals surface area contributed by atoms with Crippen molar-refractivity contribution in [3.63, 3.8) is 0 Å². The molecule has 0 radical (unpaired) electrons. The van der Waals surface area contributed by atoms with Gasteiger partial charge in [0.15, 0.2) is 5.16 Å². The van der Waals surface area contributed by atoms with Crippen LogP contribution in [0.25, 0.3) is 0 Å². The Labute approximate surface area is 172 Å². The molecule has 2 aromatic rings. The fourth-order valence-electron chi connectivity index (χ4n) is 3.17. The van der Waals surface area contributed by atoms with Gasteiger partial charge in [0.05, 0.1) is 17.1 Å². The Morgan fingerprint density at radius 3 is 2.76 bits per heavy atom. The van der Waals surface area contributed by atoms with Gasteiger partial charge in [-0.25, -0.2) is 14.2 Å². The van der Waals surface area contributed by atoms with E-state index in [1.807, 2.05) is 6.92 Å². The summed E-state index contributed by atoms with van der Waals surface area (Å²) in [5.41, 5.74) is 1.36. The van der Waals surface area contributed by atoms with Gasteiger partial charge in [-0.3, -0.25) is 4.79 Å². The molecular weight excluding hydrogens is 393 g/mol. The van der Waals surface area contributed by atoms with Crippen molar-refractivity contribution in [3.8, 4) is 0 Å². The normalized spacial score (nSPS) is 15.5. The molecule has 6 nitrogen and oxygen atoms in total. The molecule has 0 saturated heterocycles. The van der Waals surface area contributed by atoms with Crippen molar-refractivity contribution in [1.29, 1.82) is 0 Å².